The van der Waals surface area contributed by atoms with Gasteiger partial charge in [0.25, 0.3) is 0 Å². The molecule has 29 heavy (non-hydrogen) atoms. The van der Waals surface area contributed by atoms with Crippen molar-refractivity contribution >= 4 is 39.8 Å². The molecule has 1 amide bonds. The highest BCUT2D eigenvalue weighted by Crippen LogP contribution is 2.29. The number of methoxy groups -OCH3 is 1. The van der Waals surface area contributed by atoms with Crippen LogP contribution in [0.15, 0.2) is 46.8 Å². The predicted molar refractivity (Wildman–Crippen MR) is 119 cm³/mol. The van der Waals surface area contributed by atoms with Gasteiger partial charge in [-0.15, -0.1) is 10.2 Å². The number of rotatable bonds is 8. The van der Waals surface area contributed by atoms with E-state index in [2.05, 4.69) is 35.4 Å². The summed E-state index contributed by atoms with van der Waals surface area (Å²) >= 11 is 2.85. The van der Waals surface area contributed by atoms with Gasteiger partial charge in [0.2, 0.25) is 11.0 Å². The fraction of sp³-hybridized carbons (Fsp3) is 0.286. The minimum atomic E-state index is 0.0389. The minimum absolute atomic E-state index is 0.0389. The second-order valence-corrected chi connectivity index (χ2v) is 8.84. The van der Waals surface area contributed by atoms with E-state index in [4.69, 9.17) is 4.74 Å². The van der Waals surface area contributed by atoms with E-state index in [1.165, 1.54) is 34.2 Å². The smallest absolute Gasteiger partial charge is 0.233 e. The number of hydrogen-bond donors (Lipinski definition) is 1. The Balaban J connectivity index is 1.53. The molecule has 8 heteroatoms. The predicted octanol–water partition coefficient (Wildman–Crippen LogP) is 4.66. The van der Waals surface area contributed by atoms with Gasteiger partial charge in [0.15, 0.2) is 4.34 Å². The number of carbonyl (C=O) groups excluding carboxylic acids is 1. The molecule has 3 rings (SSSR count). The van der Waals surface area contributed by atoms with Crippen LogP contribution in [0, 0.1) is 13.8 Å². The molecule has 0 aliphatic heterocycles. The van der Waals surface area contributed by atoms with Crippen molar-refractivity contribution in [2.45, 2.75) is 24.7 Å². The van der Waals surface area contributed by atoms with Gasteiger partial charge in [0.05, 0.1) is 12.9 Å². The first-order valence-corrected chi connectivity index (χ1v) is 10.9. The molecule has 0 bridgehead atoms. The quantitative estimate of drug-likeness (QED) is 0.527. The number of thioether (sulfide) groups is 1. The lowest BCUT2D eigenvalue weighted by atomic mass is 10.1. The maximum atomic E-state index is 12.5. The minimum Gasteiger partial charge on any atom is -0.497 e. The number of aromatic nitrogens is 2. The summed E-state index contributed by atoms with van der Waals surface area (Å²) in [5.41, 5.74) is 4.46. The van der Waals surface area contributed by atoms with Crippen molar-refractivity contribution in [1.29, 1.82) is 0 Å². The second-order valence-electron chi connectivity index (χ2n) is 6.64. The molecule has 152 valence electrons. The third kappa shape index (κ3) is 5.71. The van der Waals surface area contributed by atoms with E-state index in [1.54, 1.807) is 19.1 Å². The van der Waals surface area contributed by atoms with Crippen LogP contribution in [0.25, 0.3) is 0 Å². The number of anilines is 2. The van der Waals surface area contributed by atoms with E-state index in [9.17, 15) is 4.79 Å². The molecule has 0 saturated heterocycles. The van der Waals surface area contributed by atoms with Crippen molar-refractivity contribution in [3.8, 4) is 5.75 Å². The fourth-order valence-corrected chi connectivity index (χ4v) is 4.39. The summed E-state index contributed by atoms with van der Waals surface area (Å²) in [6, 6.07) is 13.8. The summed E-state index contributed by atoms with van der Waals surface area (Å²) in [7, 11) is 3.44. The Morgan fingerprint density at radius 2 is 2.00 bits per heavy atom. The van der Waals surface area contributed by atoms with Crippen molar-refractivity contribution < 1.29 is 9.53 Å². The molecule has 1 heterocycles. The van der Waals surface area contributed by atoms with Crippen molar-refractivity contribution in [1.82, 2.24) is 15.1 Å². The van der Waals surface area contributed by atoms with Gasteiger partial charge in [-0.3, -0.25) is 4.79 Å². The largest absolute Gasteiger partial charge is 0.497 e. The molecule has 0 fully saturated rings. The molecule has 3 aromatic rings. The van der Waals surface area contributed by atoms with Crippen LogP contribution in [0.2, 0.25) is 0 Å². The molecule has 0 saturated carbocycles. The summed E-state index contributed by atoms with van der Waals surface area (Å²) in [4.78, 5) is 14.2. The van der Waals surface area contributed by atoms with Crippen LogP contribution >= 0.6 is 23.1 Å². The number of amides is 1. The van der Waals surface area contributed by atoms with Gasteiger partial charge in [-0.05, 0) is 48.7 Å². The SMILES string of the molecule is COc1cccc(CN(C)C(=O)CSc2nnc(Nc3cccc(C)c3C)s2)c1. The van der Waals surface area contributed by atoms with Gasteiger partial charge < -0.3 is 15.0 Å². The lowest BCUT2D eigenvalue weighted by molar-refractivity contribution is -0.127. The zero-order valence-corrected chi connectivity index (χ0v) is 18.6. The van der Waals surface area contributed by atoms with Gasteiger partial charge in [-0.25, -0.2) is 0 Å². The summed E-state index contributed by atoms with van der Waals surface area (Å²) in [5.74, 6) is 1.14. The molecule has 0 spiro atoms. The van der Waals surface area contributed by atoms with Crippen LogP contribution in [0.1, 0.15) is 16.7 Å². The molecule has 0 aliphatic carbocycles. The van der Waals surface area contributed by atoms with E-state index >= 15 is 0 Å². The molecular weight excluding hydrogens is 404 g/mol. The standard InChI is InChI=1S/C21H24N4O2S2/c1-14-7-5-10-18(15(14)2)22-20-23-24-21(29-20)28-13-19(26)25(3)12-16-8-6-9-17(11-16)27-4/h5-11H,12-13H2,1-4H3,(H,22,23). The van der Waals surface area contributed by atoms with E-state index in [-0.39, 0.29) is 5.91 Å². The number of hydrogen-bond acceptors (Lipinski definition) is 7. The number of aryl methyl sites for hydroxylation is 1. The molecule has 1 N–H and O–H groups in total. The zero-order valence-electron chi connectivity index (χ0n) is 16.9. The fourth-order valence-electron chi connectivity index (χ4n) is 2.69. The number of carbonyl (C=O) groups is 1. The van der Waals surface area contributed by atoms with Gasteiger partial charge in [0, 0.05) is 19.3 Å². The van der Waals surface area contributed by atoms with Crippen LogP contribution < -0.4 is 10.1 Å². The second kappa shape index (κ2) is 9.76. The third-order valence-electron chi connectivity index (χ3n) is 4.55. The summed E-state index contributed by atoms with van der Waals surface area (Å²) < 4.78 is 6.00. The Kier molecular flexibility index (Phi) is 7.11. The van der Waals surface area contributed by atoms with Gasteiger partial charge in [-0.1, -0.05) is 47.4 Å². The molecule has 0 radical (unpaired) electrons. The van der Waals surface area contributed by atoms with Crippen molar-refractivity contribution in [2.24, 2.45) is 0 Å². The monoisotopic (exact) mass is 428 g/mol. The number of nitrogens with zero attached hydrogens (tertiary/aromatic N) is 3. The molecular formula is C21H24N4O2S2. The van der Waals surface area contributed by atoms with E-state index in [1.807, 2.05) is 36.4 Å². The molecule has 0 atom stereocenters. The Morgan fingerprint density at radius 1 is 1.21 bits per heavy atom. The van der Waals surface area contributed by atoms with Gasteiger partial charge in [-0.2, -0.15) is 0 Å². The molecule has 2 aromatic carbocycles. The first kappa shape index (κ1) is 21.1. The van der Waals surface area contributed by atoms with Crippen LogP contribution in [0.3, 0.4) is 0 Å². The molecule has 1 aromatic heterocycles. The Labute approximate surface area is 179 Å². The van der Waals surface area contributed by atoms with Crippen molar-refractivity contribution in [3.05, 3.63) is 59.2 Å². The Morgan fingerprint density at radius 3 is 2.79 bits per heavy atom. The number of nitrogens with one attached hydrogen (secondary N) is 1. The van der Waals surface area contributed by atoms with E-state index in [0.717, 1.165) is 26.5 Å². The average molecular weight is 429 g/mol. The molecule has 0 aliphatic rings. The maximum absolute atomic E-state index is 12.5. The third-order valence-corrected chi connectivity index (χ3v) is 6.51. The van der Waals surface area contributed by atoms with Crippen molar-refractivity contribution in [3.63, 3.8) is 0 Å². The van der Waals surface area contributed by atoms with Crippen molar-refractivity contribution in [2.75, 3.05) is 25.2 Å². The highest BCUT2D eigenvalue weighted by molar-refractivity contribution is 8.01. The topological polar surface area (TPSA) is 67.3 Å². The van der Waals surface area contributed by atoms with Crippen LogP contribution in [0.4, 0.5) is 10.8 Å². The maximum Gasteiger partial charge on any atom is 0.233 e. The highest BCUT2D eigenvalue weighted by atomic mass is 32.2. The lowest BCUT2D eigenvalue weighted by Crippen LogP contribution is -2.27. The molecule has 6 nitrogen and oxygen atoms in total. The first-order valence-electron chi connectivity index (χ1n) is 9.12. The highest BCUT2D eigenvalue weighted by Gasteiger charge is 2.13. The van der Waals surface area contributed by atoms with Crippen LogP contribution in [0.5, 0.6) is 5.75 Å². The van der Waals surface area contributed by atoms with Gasteiger partial charge in [0.1, 0.15) is 5.75 Å². The van der Waals surface area contributed by atoms with Gasteiger partial charge >= 0.3 is 0 Å². The summed E-state index contributed by atoms with van der Waals surface area (Å²) in [6.07, 6.45) is 0. The van der Waals surface area contributed by atoms with E-state index in [0.29, 0.717) is 12.3 Å². The summed E-state index contributed by atoms with van der Waals surface area (Å²) in [6.45, 7) is 4.69. The zero-order chi connectivity index (χ0) is 20.8. The normalized spacial score (nSPS) is 10.6. The lowest BCUT2D eigenvalue weighted by Gasteiger charge is -2.17. The average Bonchev–Trinajstić information content (AvgIpc) is 3.17. The first-order chi connectivity index (χ1) is 14.0. The number of ether oxygens (including phenoxy) is 1. The Hall–Kier alpha value is -2.58. The Bertz CT molecular complexity index is 990. The summed E-state index contributed by atoms with van der Waals surface area (Å²) in [5, 5.41) is 12.4. The number of benzene rings is 2. The van der Waals surface area contributed by atoms with E-state index < -0.39 is 0 Å². The van der Waals surface area contributed by atoms with Crippen LogP contribution in [-0.4, -0.2) is 40.9 Å². The molecule has 0 unspecified atom stereocenters. The van der Waals surface area contributed by atoms with Crippen LogP contribution in [-0.2, 0) is 11.3 Å².